The molecule has 0 atom stereocenters. The van der Waals surface area contributed by atoms with Gasteiger partial charge in [-0.3, -0.25) is 0 Å². The Morgan fingerprint density at radius 3 is 2.61 bits per heavy atom. The number of piperidine rings is 1. The van der Waals surface area contributed by atoms with Crippen LogP contribution in [-0.4, -0.2) is 45.6 Å². The highest BCUT2D eigenvalue weighted by molar-refractivity contribution is 5.74. The topological polar surface area (TPSA) is 89.1 Å². The molecule has 3 N–H and O–H groups in total. The molecular formula is C16H28N6O. The number of hydrogen-bond acceptors (Lipinski definition) is 4. The minimum Gasteiger partial charge on any atom is -0.338 e. The fourth-order valence-corrected chi connectivity index (χ4v) is 3.65. The highest BCUT2D eigenvalue weighted by Gasteiger charge is 2.25. The monoisotopic (exact) mass is 320 g/mol. The average molecular weight is 320 g/mol. The van der Waals surface area contributed by atoms with Gasteiger partial charge in [0.15, 0.2) is 0 Å². The number of nitrogens with zero attached hydrogens (tertiary/aromatic N) is 4. The van der Waals surface area contributed by atoms with E-state index in [0.717, 1.165) is 38.2 Å². The Labute approximate surface area is 137 Å². The molecule has 2 fully saturated rings. The van der Waals surface area contributed by atoms with Gasteiger partial charge < -0.3 is 16.0 Å². The van der Waals surface area contributed by atoms with Crippen molar-refractivity contribution >= 4 is 6.03 Å². The fourth-order valence-electron chi connectivity index (χ4n) is 3.65. The highest BCUT2D eigenvalue weighted by Crippen LogP contribution is 2.24. The van der Waals surface area contributed by atoms with Crippen molar-refractivity contribution < 1.29 is 4.79 Å². The molecule has 2 amide bonds. The lowest BCUT2D eigenvalue weighted by Crippen LogP contribution is -2.46. The first-order valence-electron chi connectivity index (χ1n) is 8.90. The molecule has 1 saturated heterocycles. The van der Waals surface area contributed by atoms with E-state index in [1.165, 1.54) is 32.1 Å². The zero-order valence-electron chi connectivity index (χ0n) is 13.8. The SMILES string of the molecule is NCc1cn(C2CCN(C(=O)NCC3CCCCC3)CC2)nn1. The van der Waals surface area contributed by atoms with Crippen LogP contribution < -0.4 is 11.1 Å². The molecule has 0 unspecified atom stereocenters. The third kappa shape index (κ3) is 4.22. The van der Waals surface area contributed by atoms with Gasteiger partial charge in [0.05, 0.1) is 17.9 Å². The van der Waals surface area contributed by atoms with Crippen LogP contribution in [0.3, 0.4) is 0 Å². The molecule has 7 heteroatoms. The van der Waals surface area contributed by atoms with Crippen LogP contribution in [0.1, 0.15) is 56.7 Å². The first-order chi connectivity index (χ1) is 11.3. The van der Waals surface area contributed by atoms with E-state index in [2.05, 4.69) is 15.6 Å². The summed E-state index contributed by atoms with van der Waals surface area (Å²) in [5.41, 5.74) is 6.39. The number of nitrogens with two attached hydrogens (primary N) is 1. The summed E-state index contributed by atoms with van der Waals surface area (Å²) in [5.74, 6) is 0.676. The van der Waals surface area contributed by atoms with E-state index in [9.17, 15) is 4.79 Å². The van der Waals surface area contributed by atoms with E-state index >= 15 is 0 Å². The number of carbonyl (C=O) groups is 1. The minimum atomic E-state index is 0.0928. The number of aromatic nitrogens is 3. The highest BCUT2D eigenvalue weighted by atomic mass is 16.2. The predicted octanol–water partition coefficient (Wildman–Crippen LogP) is 1.66. The van der Waals surface area contributed by atoms with Crippen molar-refractivity contribution in [1.82, 2.24) is 25.2 Å². The summed E-state index contributed by atoms with van der Waals surface area (Å²) in [5, 5.41) is 11.3. The van der Waals surface area contributed by atoms with Crippen molar-refractivity contribution in [2.75, 3.05) is 19.6 Å². The summed E-state index contributed by atoms with van der Waals surface area (Å²) < 4.78 is 1.90. The number of urea groups is 1. The first kappa shape index (κ1) is 16.2. The molecule has 2 heterocycles. The van der Waals surface area contributed by atoms with E-state index in [0.29, 0.717) is 18.5 Å². The van der Waals surface area contributed by atoms with E-state index in [1.54, 1.807) is 0 Å². The summed E-state index contributed by atoms with van der Waals surface area (Å²) >= 11 is 0. The molecule has 0 aromatic carbocycles. The van der Waals surface area contributed by atoms with Gasteiger partial charge in [0.1, 0.15) is 0 Å². The summed E-state index contributed by atoms with van der Waals surface area (Å²) in [6.45, 7) is 2.81. The van der Waals surface area contributed by atoms with Crippen LogP contribution in [0.15, 0.2) is 6.20 Å². The van der Waals surface area contributed by atoms with Gasteiger partial charge >= 0.3 is 6.03 Å². The molecule has 128 valence electrons. The third-order valence-electron chi connectivity index (χ3n) is 5.16. The molecule has 1 saturated carbocycles. The summed E-state index contributed by atoms with van der Waals surface area (Å²) in [6, 6.07) is 0.417. The van der Waals surface area contributed by atoms with E-state index in [4.69, 9.17) is 5.73 Å². The van der Waals surface area contributed by atoms with Crippen LogP contribution in [0, 0.1) is 5.92 Å². The summed E-state index contributed by atoms with van der Waals surface area (Å²) in [4.78, 5) is 14.2. The maximum atomic E-state index is 12.3. The van der Waals surface area contributed by atoms with Crippen LogP contribution in [0.5, 0.6) is 0 Å². The summed E-state index contributed by atoms with van der Waals surface area (Å²) in [6.07, 6.45) is 10.3. The fraction of sp³-hybridized carbons (Fsp3) is 0.812. The Morgan fingerprint density at radius 2 is 1.96 bits per heavy atom. The van der Waals surface area contributed by atoms with Crippen molar-refractivity contribution in [3.8, 4) is 0 Å². The van der Waals surface area contributed by atoms with Crippen molar-refractivity contribution in [3.63, 3.8) is 0 Å². The Bertz CT molecular complexity index is 502. The molecule has 1 aromatic rings. The lowest BCUT2D eigenvalue weighted by atomic mass is 9.89. The first-order valence-corrected chi connectivity index (χ1v) is 8.90. The molecule has 0 bridgehead atoms. The smallest absolute Gasteiger partial charge is 0.317 e. The number of rotatable bonds is 4. The number of carbonyl (C=O) groups excluding carboxylic acids is 1. The molecule has 1 aromatic heterocycles. The van der Waals surface area contributed by atoms with Crippen LogP contribution in [0.25, 0.3) is 0 Å². The lowest BCUT2D eigenvalue weighted by molar-refractivity contribution is 0.165. The van der Waals surface area contributed by atoms with Crippen LogP contribution >= 0.6 is 0 Å². The Balaban J connectivity index is 1.41. The van der Waals surface area contributed by atoms with Gasteiger partial charge in [0, 0.05) is 26.2 Å². The second-order valence-corrected chi connectivity index (χ2v) is 6.80. The predicted molar refractivity (Wildman–Crippen MR) is 87.7 cm³/mol. The van der Waals surface area contributed by atoms with Gasteiger partial charge in [-0.2, -0.15) is 0 Å². The number of likely N-dealkylation sites (tertiary alicyclic amines) is 1. The second kappa shape index (κ2) is 7.77. The maximum absolute atomic E-state index is 12.3. The molecule has 1 aliphatic heterocycles. The average Bonchev–Trinajstić information content (AvgIpc) is 3.10. The van der Waals surface area contributed by atoms with Crippen LogP contribution in [-0.2, 0) is 6.54 Å². The van der Waals surface area contributed by atoms with E-state index in [1.807, 2.05) is 15.8 Å². The maximum Gasteiger partial charge on any atom is 0.317 e. The number of hydrogen-bond donors (Lipinski definition) is 2. The van der Waals surface area contributed by atoms with Crippen molar-refractivity contribution in [2.24, 2.45) is 11.7 Å². The van der Waals surface area contributed by atoms with Crippen molar-refractivity contribution in [3.05, 3.63) is 11.9 Å². The molecular weight excluding hydrogens is 292 g/mol. The van der Waals surface area contributed by atoms with Crippen LogP contribution in [0.2, 0.25) is 0 Å². The summed E-state index contributed by atoms with van der Waals surface area (Å²) in [7, 11) is 0. The molecule has 0 spiro atoms. The Kier molecular flexibility index (Phi) is 5.48. The molecule has 0 radical (unpaired) electrons. The second-order valence-electron chi connectivity index (χ2n) is 6.80. The normalized spacial score (nSPS) is 20.7. The molecule has 2 aliphatic rings. The zero-order valence-corrected chi connectivity index (χ0v) is 13.8. The molecule has 1 aliphatic carbocycles. The van der Waals surface area contributed by atoms with E-state index < -0.39 is 0 Å². The quantitative estimate of drug-likeness (QED) is 0.883. The van der Waals surface area contributed by atoms with Crippen LogP contribution in [0.4, 0.5) is 4.79 Å². The number of nitrogens with one attached hydrogen (secondary N) is 1. The largest absolute Gasteiger partial charge is 0.338 e. The molecule has 23 heavy (non-hydrogen) atoms. The van der Waals surface area contributed by atoms with Gasteiger partial charge in [0.25, 0.3) is 0 Å². The zero-order chi connectivity index (χ0) is 16.1. The minimum absolute atomic E-state index is 0.0928. The Hall–Kier alpha value is -1.63. The van der Waals surface area contributed by atoms with E-state index in [-0.39, 0.29) is 6.03 Å². The Morgan fingerprint density at radius 1 is 1.22 bits per heavy atom. The van der Waals surface area contributed by atoms with Gasteiger partial charge in [-0.05, 0) is 31.6 Å². The van der Waals surface area contributed by atoms with Gasteiger partial charge in [-0.25, -0.2) is 9.48 Å². The van der Waals surface area contributed by atoms with Crippen molar-refractivity contribution in [1.29, 1.82) is 0 Å². The molecule has 7 nitrogen and oxygen atoms in total. The van der Waals surface area contributed by atoms with Crippen molar-refractivity contribution in [2.45, 2.75) is 57.5 Å². The third-order valence-corrected chi connectivity index (χ3v) is 5.16. The van der Waals surface area contributed by atoms with Gasteiger partial charge in [-0.1, -0.05) is 24.5 Å². The molecule has 3 rings (SSSR count). The lowest BCUT2D eigenvalue weighted by Gasteiger charge is -2.32. The number of amides is 2. The van der Waals surface area contributed by atoms with Gasteiger partial charge in [0.2, 0.25) is 0 Å². The van der Waals surface area contributed by atoms with Gasteiger partial charge in [-0.15, -0.1) is 5.10 Å². The standard InChI is InChI=1S/C16H28N6O/c17-10-14-12-22(20-19-14)15-6-8-21(9-7-15)16(23)18-11-13-4-2-1-3-5-13/h12-13,15H,1-11,17H2,(H,18,23).